The number of allylic oxidation sites excluding steroid dienone is 3. The normalized spacial score (nSPS) is 14.1. The van der Waals surface area contributed by atoms with Crippen LogP contribution in [0.15, 0.2) is 192 Å². The molecule has 7 aromatic carbocycles. The standard InChI is InChI=1S/C44H41NO.C18H15N/c1-28(2)44(34-15-10-7-11-16-34)45-41(33-13-8-6-9-14-33)24-30(4)35-20-22-42-39(26-35)40-27-37(31(5)25-43(40)46-42)38-23-29(3)19-21-36(38)32-17-12-18-32;1-2-8-14(9-3-1)19-17-12-6-4-10-15(17)16-11-5-7-13-18(16)19/h6-11,13-16,19-28,32H,4,12,17-18H2,1-3,5H3;1-6,8-12H,7,13H2/b41-24-,45-44?;. The summed E-state index contributed by atoms with van der Waals surface area (Å²) in [5, 5.41) is 3.61. The van der Waals surface area contributed by atoms with Crippen molar-refractivity contribution in [1.82, 2.24) is 4.57 Å². The van der Waals surface area contributed by atoms with E-state index in [1.807, 2.05) is 12.1 Å². The molecule has 1 fully saturated rings. The second kappa shape index (κ2) is 18.1. The summed E-state index contributed by atoms with van der Waals surface area (Å²) >= 11 is 0. The maximum absolute atomic E-state index is 6.40. The fourth-order valence-electron chi connectivity index (χ4n) is 9.74. The summed E-state index contributed by atoms with van der Waals surface area (Å²) in [7, 11) is 0. The Morgan fingerprint density at radius 3 is 2.09 bits per heavy atom. The number of nitrogens with zero attached hydrogens (tertiary/aromatic N) is 2. The molecular formula is C62H56N2O. The zero-order valence-electron chi connectivity index (χ0n) is 38.0. The fraction of sp³-hybridized carbons (Fsp3) is 0.177. The molecule has 11 rings (SSSR count). The van der Waals surface area contributed by atoms with Crippen LogP contribution >= 0.6 is 0 Å². The van der Waals surface area contributed by atoms with E-state index in [1.165, 1.54) is 74.9 Å². The number of aromatic nitrogens is 1. The van der Waals surface area contributed by atoms with Crippen molar-refractivity contribution in [1.29, 1.82) is 0 Å². The van der Waals surface area contributed by atoms with E-state index in [0.29, 0.717) is 5.92 Å². The summed E-state index contributed by atoms with van der Waals surface area (Å²) in [6.45, 7) is 13.3. The van der Waals surface area contributed by atoms with Crippen molar-refractivity contribution >= 4 is 55.9 Å². The first kappa shape index (κ1) is 41.8. The van der Waals surface area contributed by atoms with E-state index in [2.05, 4.69) is 209 Å². The first-order valence-electron chi connectivity index (χ1n) is 23.3. The highest BCUT2D eigenvalue weighted by atomic mass is 16.3. The number of aryl methyl sites for hydroxylation is 2. The first-order chi connectivity index (χ1) is 31.8. The van der Waals surface area contributed by atoms with Gasteiger partial charge in [-0.1, -0.05) is 166 Å². The molecule has 320 valence electrons. The Balaban J connectivity index is 0.000000216. The summed E-state index contributed by atoms with van der Waals surface area (Å²) in [6, 6.07) is 58.2. The second-order valence-electron chi connectivity index (χ2n) is 18.1. The monoisotopic (exact) mass is 844 g/mol. The molecule has 2 aliphatic rings. The highest BCUT2D eigenvalue weighted by molar-refractivity contribution is 6.09. The molecule has 0 unspecified atom stereocenters. The van der Waals surface area contributed by atoms with Gasteiger partial charge in [0.05, 0.1) is 16.9 Å². The third-order valence-electron chi connectivity index (χ3n) is 13.3. The van der Waals surface area contributed by atoms with Crippen molar-refractivity contribution < 1.29 is 4.42 Å². The molecule has 0 atom stereocenters. The van der Waals surface area contributed by atoms with Crippen molar-refractivity contribution in [2.45, 2.75) is 65.7 Å². The zero-order valence-corrected chi connectivity index (χ0v) is 38.0. The smallest absolute Gasteiger partial charge is 0.135 e. The minimum atomic E-state index is 0.257. The third kappa shape index (κ3) is 8.35. The van der Waals surface area contributed by atoms with Crippen molar-refractivity contribution in [3.8, 4) is 16.8 Å². The van der Waals surface area contributed by atoms with Gasteiger partial charge in [0.2, 0.25) is 0 Å². The number of hydrogen-bond acceptors (Lipinski definition) is 2. The van der Waals surface area contributed by atoms with Gasteiger partial charge in [0.25, 0.3) is 0 Å². The molecule has 2 heterocycles. The Morgan fingerprint density at radius 1 is 0.677 bits per heavy atom. The molecule has 0 amide bonds. The average molecular weight is 845 g/mol. The molecule has 0 spiro atoms. The topological polar surface area (TPSA) is 30.4 Å². The van der Waals surface area contributed by atoms with E-state index in [1.54, 1.807) is 0 Å². The van der Waals surface area contributed by atoms with Crippen molar-refractivity contribution in [2.24, 2.45) is 10.9 Å². The quantitative estimate of drug-likeness (QED) is 0.105. The van der Waals surface area contributed by atoms with Crippen LogP contribution in [0.4, 0.5) is 0 Å². The Labute approximate surface area is 383 Å². The van der Waals surface area contributed by atoms with Gasteiger partial charge in [0, 0.05) is 38.7 Å². The number of para-hydroxylation sites is 2. The van der Waals surface area contributed by atoms with Crippen molar-refractivity contribution in [2.75, 3.05) is 0 Å². The van der Waals surface area contributed by atoms with Crippen LogP contribution in [-0.2, 0) is 6.42 Å². The minimum absolute atomic E-state index is 0.257. The lowest BCUT2D eigenvalue weighted by atomic mass is 9.76. The minimum Gasteiger partial charge on any atom is -0.456 e. The Bertz CT molecular complexity index is 3280. The summed E-state index contributed by atoms with van der Waals surface area (Å²) in [5.74, 6) is 0.917. The molecule has 0 bridgehead atoms. The fourth-order valence-corrected chi connectivity index (χ4v) is 9.74. The molecule has 1 saturated carbocycles. The van der Waals surface area contributed by atoms with Crippen LogP contribution in [0.3, 0.4) is 0 Å². The van der Waals surface area contributed by atoms with Crippen molar-refractivity contribution in [3.05, 3.63) is 227 Å². The highest BCUT2D eigenvalue weighted by Gasteiger charge is 2.24. The maximum Gasteiger partial charge on any atom is 0.135 e. The Kier molecular flexibility index (Phi) is 11.6. The number of aliphatic imine (C=N–C) groups is 1. The lowest BCUT2D eigenvalue weighted by Crippen LogP contribution is -2.10. The van der Waals surface area contributed by atoms with Gasteiger partial charge in [-0.05, 0) is 139 Å². The first-order valence-corrected chi connectivity index (χ1v) is 23.3. The molecule has 2 aliphatic carbocycles. The summed E-state index contributed by atoms with van der Waals surface area (Å²) in [4.78, 5) is 5.28. The summed E-state index contributed by atoms with van der Waals surface area (Å²) in [5.41, 5.74) is 20.0. The van der Waals surface area contributed by atoms with Crippen LogP contribution < -0.4 is 0 Å². The lowest BCUT2D eigenvalue weighted by Gasteiger charge is -2.28. The van der Waals surface area contributed by atoms with Crippen LogP contribution in [0.5, 0.6) is 0 Å². The van der Waals surface area contributed by atoms with Gasteiger partial charge in [0.1, 0.15) is 11.2 Å². The molecule has 3 heteroatoms. The van der Waals surface area contributed by atoms with E-state index in [-0.39, 0.29) is 5.92 Å². The molecular weight excluding hydrogens is 789 g/mol. The Morgan fingerprint density at radius 2 is 1.37 bits per heavy atom. The predicted octanol–water partition coefficient (Wildman–Crippen LogP) is 16.9. The van der Waals surface area contributed by atoms with Crippen LogP contribution in [0.2, 0.25) is 0 Å². The molecule has 0 N–H and O–H groups in total. The van der Waals surface area contributed by atoms with Gasteiger partial charge in [0.15, 0.2) is 0 Å². The van der Waals surface area contributed by atoms with E-state index in [9.17, 15) is 0 Å². The van der Waals surface area contributed by atoms with Gasteiger partial charge in [-0.3, -0.25) is 4.99 Å². The van der Waals surface area contributed by atoms with Gasteiger partial charge in [-0.25, -0.2) is 0 Å². The lowest BCUT2D eigenvalue weighted by molar-refractivity contribution is 0.420. The van der Waals surface area contributed by atoms with Crippen LogP contribution in [0.25, 0.3) is 67.0 Å². The number of furan rings is 1. The number of benzene rings is 7. The maximum atomic E-state index is 6.40. The molecule has 0 saturated heterocycles. The summed E-state index contributed by atoms with van der Waals surface area (Å²) < 4.78 is 8.81. The Hall–Kier alpha value is -7.23. The van der Waals surface area contributed by atoms with Gasteiger partial charge >= 0.3 is 0 Å². The second-order valence-corrected chi connectivity index (χ2v) is 18.1. The third-order valence-corrected chi connectivity index (χ3v) is 13.3. The largest absolute Gasteiger partial charge is 0.456 e. The molecule has 0 aliphatic heterocycles. The average Bonchev–Trinajstić information content (AvgIpc) is 3.85. The van der Waals surface area contributed by atoms with Gasteiger partial charge < -0.3 is 8.98 Å². The van der Waals surface area contributed by atoms with E-state index >= 15 is 0 Å². The molecule has 2 aromatic heterocycles. The predicted molar refractivity (Wildman–Crippen MR) is 277 cm³/mol. The molecule has 65 heavy (non-hydrogen) atoms. The zero-order chi connectivity index (χ0) is 44.4. The SMILES string of the molecule is C1=Cc2c(n(-c3ccccc3)c3ccccc23)CC1.C=C(/C=C(\N=C(c1ccccc1)C(C)C)c1ccccc1)c1ccc2oc3cc(C)c(-c4cc(C)ccc4C4CCC4)cc3c2c1. The van der Waals surface area contributed by atoms with E-state index in [4.69, 9.17) is 9.41 Å². The molecule has 0 radical (unpaired) electrons. The highest BCUT2D eigenvalue weighted by Crippen LogP contribution is 2.44. The van der Waals surface area contributed by atoms with Gasteiger partial charge in [-0.2, -0.15) is 0 Å². The van der Waals surface area contributed by atoms with Gasteiger partial charge in [-0.15, -0.1) is 0 Å². The van der Waals surface area contributed by atoms with Crippen molar-refractivity contribution in [3.63, 3.8) is 0 Å². The number of hydrogen-bond donors (Lipinski definition) is 0. The number of rotatable bonds is 9. The van der Waals surface area contributed by atoms with E-state index < -0.39 is 0 Å². The van der Waals surface area contributed by atoms with Crippen LogP contribution in [-0.4, -0.2) is 10.3 Å². The summed E-state index contributed by atoms with van der Waals surface area (Å²) in [6.07, 6.45) is 12.8. The van der Waals surface area contributed by atoms with Crippen LogP contribution in [0.1, 0.15) is 90.1 Å². The van der Waals surface area contributed by atoms with Crippen LogP contribution in [0, 0.1) is 19.8 Å². The molecule has 9 aromatic rings. The molecule has 3 nitrogen and oxygen atoms in total. The number of fused-ring (bicyclic) bond motifs is 6. The van der Waals surface area contributed by atoms with E-state index in [0.717, 1.165) is 68.5 Å².